The van der Waals surface area contributed by atoms with Gasteiger partial charge in [-0.25, -0.2) is 9.07 Å². The monoisotopic (exact) mass is 444 g/mol. The Morgan fingerprint density at radius 2 is 2.00 bits per heavy atom. The molecule has 32 heavy (non-hydrogen) atoms. The highest BCUT2D eigenvalue weighted by atomic mass is 32.1. The maximum atomic E-state index is 13.4. The van der Waals surface area contributed by atoms with Crippen LogP contribution in [0.15, 0.2) is 66.4 Å². The Bertz CT molecular complexity index is 1300. The van der Waals surface area contributed by atoms with E-state index in [0.29, 0.717) is 0 Å². The third kappa shape index (κ3) is 3.06. The summed E-state index contributed by atoms with van der Waals surface area (Å²) in [7, 11) is 0. The first-order chi connectivity index (χ1) is 15.5. The molecule has 2 aromatic carbocycles. The summed E-state index contributed by atoms with van der Waals surface area (Å²) >= 11 is 1.71. The molecule has 2 aromatic heterocycles. The van der Waals surface area contributed by atoms with Crippen molar-refractivity contribution in [2.75, 3.05) is 0 Å². The van der Waals surface area contributed by atoms with Gasteiger partial charge < -0.3 is 5.11 Å². The molecule has 4 aromatic rings. The number of aromatic nitrogens is 2. The van der Waals surface area contributed by atoms with Crippen molar-refractivity contribution in [3.05, 3.63) is 88.3 Å². The van der Waals surface area contributed by atoms with Crippen molar-refractivity contribution >= 4 is 27.5 Å². The van der Waals surface area contributed by atoms with E-state index >= 15 is 0 Å². The number of rotatable bonds is 3. The summed E-state index contributed by atoms with van der Waals surface area (Å²) in [6, 6.07) is 17.0. The summed E-state index contributed by atoms with van der Waals surface area (Å²) in [5.41, 5.74) is 4.44. The van der Waals surface area contributed by atoms with E-state index in [1.54, 1.807) is 23.5 Å². The van der Waals surface area contributed by atoms with Crippen LogP contribution in [0.25, 0.3) is 21.8 Å². The van der Waals surface area contributed by atoms with Crippen LogP contribution >= 0.6 is 11.3 Å². The van der Waals surface area contributed by atoms with Crippen LogP contribution < -0.4 is 0 Å². The number of hydrogen-bond donors (Lipinski definition) is 1. The van der Waals surface area contributed by atoms with Gasteiger partial charge in [0.05, 0.1) is 23.7 Å². The average molecular weight is 445 g/mol. The van der Waals surface area contributed by atoms with Gasteiger partial charge in [0.15, 0.2) is 0 Å². The average Bonchev–Trinajstić information content (AvgIpc) is 3.41. The van der Waals surface area contributed by atoms with Gasteiger partial charge in [-0.15, -0.1) is 11.3 Å². The van der Waals surface area contributed by atoms with E-state index in [1.807, 2.05) is 10.9 Å². The smallest absolute Gasteiger partial charge is 0.123 e. The highest BCUT2D eigenvalue weighted by molar-refractivity contribution is 7.19. The van der Waals surface area contributed by atoms with Crippen LogP contribution in [0.3, 0.4) is 0 Å². The number of halogens is 1. The van der Waals surface area contributed by atoms with Crippen LogP contribution in [0.1, 0.15) is 48.4 Å². The summed E-state index contributed by atoms with van der Waals surface area (Å²) < 4.78 is 16.5. The van der Waals surface area contributed by atoms with Crippen molar-refractivity contribution in [1.82, 2.24) is 9.78 Å². The maximum Gasteiger partial charge on any atom is 0.123 e. The number of thiophene rings is 1. The second-order valence-electron chi connectivity index (χ2n) is 9.34. The molecule has 0 amide bonds. The lowest BCUT2D eigenvalue weighted by molar-refractivity contribution is 0.0240. The fourth-order valence-electron chi connectivity index (χ4n) is 5.72. The molecule has 1 saturated carbocycles. The second kappa shape index (κ2) is 7.39. The molecule has 0 saturated heterocycles. The SMILES string of the molecule is C[C@]12Cc3cnn(-c4ccc(F)cc4)c3C=C1CCC[C@@H]2[C@@H](O)c1cc2ccccc2s1. The zero-order valence-corrected chi connectivity index (χ0v) is 18.8. The summed E-state index contributed by atoms with van der Waals surface area (Å²) in [5.74, 6) is -0.0797. The summed E-state index contributed by atoms with van der Waals surface area (Å²) in [6.07, 6.45) is 7.74. The van der Waals surface area contributed by atoms with Gasteiger partial charge in [0.25, 0.3) is 0 Å². The zero-order valence-electron chi connectivity index (χ0n) is 18.0. The molecule has 0 radical (unpaired) electrons. The lowest BCUT2D eigenvalue weighted by atomic mass is 9.58. The highest BCUT2D eigenvalue weighted by Gasteiger charge is 2.46. The summed E-state index contributed by atoms with van der Waals surface area (Å²) in [5, 5.41) is 17.4. The van der Waals surface area contributed by atoms with Gasteiger partial charge in [-0.05, 0) is 90.4 Å². The van der Waals surface area contributed by atoms with Crippen LogP contribution in [0, 0.1) is 17.2 Å². The van der Waals surface area contributed by atoms with Crippen LogP contribution in [0.4, 0.5) is 4.39 Å². The van der Waals surface area contributed by atoms with Crippen molar-refractivity contribution in [1.29, 1.82) is 0 Å². The van der Waals surface area contributed by atoms with Crippen molar-refractivity contribution in [2.24, 2.45) is 11.3 Å². The number of fused-ring (bicyclic) bond motifs is 3. The molecule has 6 rings (SSSR count). The number of aliphatic hydroxyl groups is 1. The fraction of sp³-hybridized carbons (Fsp3) is 0.296. The molecule has 2 aliphatic carbocycles. The third-order valence-electron chi connectivity index (χ3n) is 7.46. The number of aliphatic hydroxyl groups excluding tert-OH is 1. The molecular weight excluding hydrogens is 419 g/mol. The normalized spacial score (nSPS) is 23.5. The van der Waals surface area contributed by atoms with Gasteiger partial charge in [-0.1, -0.05) is 30.7 Å². The minimum Gasteiger partial charge on any atom is -0.387 e. The van der Waals surface area contributed by atoms with Gasteiger partial charge in [-0.2, -0.15) is 5.10 Å². The van der Waals surface area contributed by atoms with Crippen molar-refractivity contribution in [3.63, 3.8) is 0 Å². The van der Waals surface area contributed by atoms with E-state index in [1.165, 1.54) is 33.4 Å². The lowest BCUT2D eigenvalue weighted by Crippen LogP contribution is -2.40. The van der Waals surface area contributed by atoms with E-state index in [9.17, 15) is 9.50 Å². The van der Waals surface area contributed by atoms with E-state index in [4.69, 9.17) is 0 Å². The Kier molecular flexibility index (Phi) is 4.60. The molecule has 3 nitrogen and oxygen atoms in total. The molecule has 3 atom stereocenters. The Balaban J connectivity index is 1.37. The first-order valence-electron chi connectivity index (χ1n) is 11.2. The Morgan fingerprint density at radius 3 is 2.81 bits per heavy atom. The first kappa shape index (κ1) is 19.9. The molecule has 162 valence electrons. The zero-order chi connectivity index (χ0) is 21.9. The fourth-order valence-corrected chi connectivity index (χ4v) is 6.84. The standard InChI is InChI=1S/C27H25FN2OS/c1-27-15-18-16-29-30(21-11-9-20(28)10-12-21)23(18)14-19(27)6-4-7-22(27)26(31)25-13-17-5-2-3-8-24(17)32-25/h2-3,5,8-14,16,22,26,31H,4,6-7,15H2,1H3/t22-,26-,27+/m1/s1. The molecule has 0 unspecified atom stereocenters. The molecule has 1 N–H and O–H groups in total. The molecule has 1 fully saturated rings. The molecule has 0 bridgehead atoms. The molecule has 0 spiro atoms. The largest absolute Gasteiger partial charge is 0.387 e. The lowest BCUT2D eigenvalue weighted by Gasteiger charge is -2.47. The number of benzene rings is 2. The van der Waals surface area contributed by atoms with E-state index in [2.05, 4.69) is 48.4 Å². The summed E-state index contributed by atoms with van der Waals surface area (Å²) in [4.78, 5) is 1.06. The minimum absolute atomic E-state index is 0.0997. The van der Waals surface area contributed by atoms with Crippen molar-refractivity contribution in [2.45, 2.75) is 38.7 Å². The van der Waals surface area contributed by atoms with Crippen molar-refractivity contribution < 1.29 is 9.50 Å². The van der Waals surface area contributed by atoms with E-state index in [0.717, 1.165) is 41.9 Å². The van der Waals surface area contributed by atoms with Gasteiger partial charge in [0, 0.05) is 9.58 Å². The number of allylic oxidation sites excluding steroid dienone is 1. The number of nitrogens with zero attached hydrogens (tertiary/aromatic N) is 2. The molecular formula is C27H25FN2OS. The predicted octanol–water partition coefficient (Wildman–Crippen LogP) is 6.71. The number of hydrogen-bond acceptors (Lipinski definition) is 3. The topological polar surface area (TPSA) is 38.0 Å². The van der Waals surface area contributed by atoms with E-state index in [-0.39, 0.29) is 17.2 Å². The Hall–Kier alpha value is -2.76. The molecule has 2 aliphatic rings. The summed E-state index contributed by atoms with van der Waals surface area (Å²) in [6.45, 7) is 2.32. The minimum atomic E-state index is -0.477. The van der Waals surface area contributed by atoms with Gasteiger partial charge in [-0.3, -0.25) is 0 Å². The van der Waals surface area contributed by atoms with Gasteiger partial charge in [0.2, 0.25) is 0 Å². The molecule has 5 heteroatoms. The van der Waals surface area contributed by atoms with Gasteiger partial charge >= 0.3 is 0 Å². The maximum absolute atomic E-state index is 13.4. The van der Waals surface area contributed by atoms with Crippen LogP contribution in [-0.4, -0.2) is 14.9 Å². The van der Waals surface area contributed by atoms with Crippen molar-refractivity contribution in [3.8, 4) is 5.69 Å². The van der Waals surface area contributed by atoms with Crippen LogP contribution in [-0.2, 0) is 6.42 Å². The predicted molar refractivity (Wildman–Crippen MR) is 127 cm³/mol. The van der Waals surface area contributed by atoms with Crippen LogP contribution in [0.5, 0.6) is 0 Å². The van der Waals surface area contributed by atoms with Gasteiger partial charge in [0.1, 0.15) is 5.82 Å². The molecule has 0 aliphatic heterocycles. The third-order valence-corrected chi connectivity index (χ3v) is 8.64. The Labute approximate surface area is 190 Å². The molecule has 2 heterocycles. The Morgan fingerprint density at radius 1 is 1.19 bits per heavy atom. The van der Waals surface area contributed by atoms with Crippen LogP contribution in [0.2, 0.25) is 0 Å². The van der Waals surface area contributed by atoms with E-state index < -0.39 is 6.10 Å². The quantitative estimate of drug-likeness (QED) is 0.382. The highest BCUT2D eigenvalue weighted by Crippen LogP contribution is 2.55. The first-order valence-corrected chi connectivity index (χ1v) is 12.0. The second-order valence-corrected chi connectivity index (χ2v) is 10.5.